The van der Waals surface area contributed by atoms with Crippen LogP contribution in [0.15, 0.2) is 51.3 Å². The second-order valence-electron chi connectivity index (χ2n) is 5.24. The van der Waals surface area contributed by atoms with Crippen LogP contribution < -0.4 is 11.2 Å². The Morgan fingerprint density at radius 3 is 2.62 bits per heavy atom. The standard InChI is InChI=1S/C15H13N5O4/c1-17-13-9-19(8-12(13)14(21)18(2)15(17)22)16-7-10-4-3-5-11(6-10)20(23)24/h3-9H,1-2H3/b16-7+. The number of nitro benzene ring substituents is 1. The summed E-state index contributed by atoms with van der Waals surface area (Å²) in [5.74, 6) is 0. The number of non-ortho nitro benzene ring substituents is 1. The Hall–Kier alpha value is -3.49. The molecule has 9 heteroatoms. The van der Waals surface area contributed by atoms with Crippen molar-refractivity contribution in [3.63, 3.8) is 0 Å². The van der Waals surface area contributed by atoms with Crippen molar-refractivity contribution < 1.29 is 4.92 Å². The summed E-state index contributed by atoms with van der Waals surface area (Å²) in [5.41, 5.74) is 0.140. The zero-order chi connectivity index (χ0) is 17.4. The molecule has 0 N–H and O–H groups in total. The van der Waals surface area contributed by atoms with Gasteiger partial charge in [0.25, 0.3) is 11.2 Å². The van der Waals surface area contributed by atoms with E-state index < -0.39 is 16.2 Å². The molecule has 1 aromatic carbocycles. The van der Waals surface area contributed by atoms with E-state index in [1.165, 1.54) is 40.8 Å². The van der Waals surface area contributed by atoms with Crippen molar-refractivity contribution >= 4 is 22.8 Å². The third-order valence-electron chi connectivity index (χ3n) is 3.68. The summed E-state index contributed by atoms with van der Waals surface area (Å²) < 4.78 is 3.78. The lowest BCUT2D eigenvalue weighted by Gasteiger charge is -2.01. The molecule has 0 amide bonds. The number of benzene rings is 1. The Labute approximate surface area is 134 Å². The summed E-state index contributed by atoms with van der Waals surface area (Å²) in [6.07, 6.45) is 4.49. The van der Waals surface area contributed by atoms with Gasteiger partial charge in [0, 0.05) is 38.0 Å². The molecule has 0 aliphatic rings. The van der Waals surface area contributed by atoms with Gasteiger partial charge in [-0.25, -0.2) is 9.47 Å². The third kappa shape index (κ3) is 2.51. The zero-order valence-electron chi connectivity index (χ0n) is 12.9. The highest BCUT2D eigenvalue weighted by atomic mass is 16.6. The van der Waals surface area contributed by atoms with E-state index in [1.807, 2.05) is 0 Å². The SMILES string of the molecule is Cn1c(=O)c2cn(/N=C/c3cccc([N+](=O)[O-])c3)cc2n(C)c1=O. The fraction of sp³-hybridized carbons (Fsp3) is 0.133. The number of aromatic nitrogens is 3. The Morgan fingerprint density at radius 2 is 1.92 bits per heavy atom. The highest BCUT2D eigenvalue weighted by molar-refractivity contribution is 5.81. The highest BCUT2D eigenvalue weighted by Crippen LogP contribution is 2.12. The van der Waals surface area contributed by atoms with Gasteiger partial charge in [0.1, 0.15) is 0 Å². The molecular weight excluding hydrogens is 314 g/mol. The van der Waals surface area contributed by atoms with E-state index in [-0.39, 0.29) is 5.69 Å². The Balaban J connectivity index is 2.05. The number of hydrogen-bond acceptors (Lipinski definition) is 5. The molecule has 0 aliphatic heterocycles. The molecule has 2 heterocycles. The van der Waals surface area contributed by atoms with Gasteiger partial charge in [0.05, 0.1) is 28.2 Å². The first-order valence-corrected chi connectivity index (χ1v) is 6.95. The molecule has 2 aromatic heterocycles. The molecule has 0 fully saturated rings. The summed E-state index contributed by atoms with van der Waals surface area (Å²) in [6.45, 7) is 0. The quantitative estimate of drug-likeness (QED) is 0.403. The molecule has 9 nitrogen and oxygen atoms in total. The third-order valence-corrected chi connectivity index (χ3v) is 3.68. The minimum atomic E-state index is -0.485. The molecule has 0 atom stereocenters. The van der Waals surface area contributed by atoms with Crippen LogP contribution in [0.3, 0.4) is 0 Å². The van der Waals surface area contributed by atoms with Crippen LogP contribution in [0.5, 0.6) is 0 Å². The molecule has 0 unspecified atom stereocenters. The van der Waals surface area contributed by atoms with Crippen LogP contribution in [0.4, 0.5) is 5.69 Å². The maximum Gasteiger partial charge on any atom is 0.330 e. The van der Waals surface area contributed by atoms with Crippen molar-refractivity contribution in [3.8, 4) is 0 Å². The first-order chi connectivity index (χ1) is 11.4. The molecule has 3 rings (SSSR count). The topological polar surface area (TPSA) is 104 Å². The Bertz CT molecular complexity index is 1100. The van der Waals surface area contributed by atoms with Gasteiger partial charge in [-0.15, -0.1) is 0 Å². The number of nitro groups is 1. The van der Waals surface area contributed by atoms with Crippen molar-refractivity contribution in [1.29, 1.82) is 0 Å². The van der Waals surface area contributed by atoms with Crippen molar-refractivity contribution in [1.82, 2.24) is 13.8 Å². The minimum absolute atomic E-state index is 0.0344. The fourth-order valence-electron chi connectivity index (χ4n) is 2.38. The van der Waals surface area contributed by atoms with Crippen LogP contribution >= 0.6 is 0 Å². The zero-order valence-corrected chi connectivity index (χ0v) is 12.9. The van der Waals surface area contributed by atoms with Crippen LogP contribution in [0.1, 0.15) is 5.56 Å². The monoisotopic (exact) mass is 327 g/mol. The number of aryl methyl sites for hydroxylation is 1. The molecule has 3 aromatic rings. The predicted octanol–water partition coefficient (Wildman–Crippen LogP) is 0.829. The van der Waals surface area contributed by atoms with Crippen LogP contribution in [-0.2, 0) is 14.1 Å². The number of hydrogen-bond donors (Lipinski definition) is 0. The van der Waals surface area contributed by atoms with Gasteiger partial charge < -0.3 is 0 Å². The first kappa shape index (κ1) is 15.4. The highest BCUT2D eigenvalue weighted by Gasteiger charge is 2.10. The van der Waals surface area contributed by atoms with Crippen molar-refractivity contribution in [2.45, 2.75) is 0 Å². The fourth-order valence-corrected chi connectivity index (χ4v) is 2.38. The Kier molecular flexibility index (Phi) is 3.60. The second kappa shape index (κ2) is 5.61. The lowest BCUT2D eigenvalue weighted by atomic mass is 10.2. The van der Waals surface area contributed by atoms with Gasteiger partial charge in [-0.05, 0) is 0 Å². The van der Waals surface area contributed by atoms with Gasteiger partial charge in [0.2, 0.25) is 0 Å². The smallest absolute Gasteiger partial charge is 0.295 e. The average molecular weight is 327 g/mol. The van der Waals surface area contributed by atoms with E-state index in [2.05, 4.69) is 5.10 Å². The maximum absolute atomic E-state index is 12.1. The van der Waals surface area contributed by atoms with Gasteiger partial charge in [0.15, 0.2) is 0 Å². The number of rotatable bonds is 3. The number of fused-ring (bicyclic) bond motifs is 1. The van der Waals surface area contributed by atoms with E-state index in [1.54, 1.807) is 25.4 Å². The maximum atomic E-state index is 12.1. The molecule has 0 spiro atoms. The average Bonchev–Trinajstić information content (AvgIpc) is 3.01. The Morgan fingerprint density at radius 1 is 1.17 bits per heavy atom. The summed E-state index contributed by atoms with van der Waals surface area (Å²) in [4.78, 5) is 34.3. The van der Waals surface area contributed by atoms with E-state index >= 15 is 0 Å². The van der Waals surface area contributed by atoms with E-state index in [4.69, 9.17) is 0 Å². The number of nitrogens with zero attached hydrogens (tertiary/aromatic N) is 5. The van der Waals surface area contributed by atoms with Gasteiger partial charge >= 0.3 is 5.69 Å². The first-order valence-electron chi connectivity index (χ1n) is 6.95. The van der Waals surface area contributed by atoms with Gasteiger partial charge in [-0.2, -0.15) is 5.10 Å². The van der Waals surface area contributed by atoms with Gasteiger partial charge in [-0.3, -0.25) is 24.0 Å². The predicted molar refractivity (Wildman–Crippen MR) is 88.5 cm³/mol. The molecule has 122 valence electrons. The normalized spacial score (nSPS) is 11.4. The van der Waals surface area contributed by atoms with Crippen molar-refractivity contribution in [2.75, 3.05) is 0 Å². The summed E-state index contributed by atoms with van der Waals surface area (Å²) in [7, 11) is 2.98. The van der Waals surface area contributed by atoms with Crippen LogP contribution in [0.25, 0.3) is 10.9 Å². The van der Waals surface area contributed by atoms with E-state index in [0.717, 1.165) is 4.57 Å². The van der Waals surface area contributed by atoms with Crippen LogP contribution in [0.2, 0.25) is 0 Å². The van der Waals surface area contributed by atoms with Crippen LogP contribution in [-0.4, -0.2) is 24.9 Å². The van der Waals surface area contributed by atoms with E-state index in [0.29, 0.717) is 16.5 Å². The molecule has 0 radical (unpaired) electrons. The van der Waals surface area contributed by atoms with E-state index in [9.17, 15) is 19.7 Å². The van der Waals surface area contributed by atoms with Crippen LogP contribution in [0, 0.1) is 10.1 Å². The molecule has 0 bridgehead atoms. The minimum Gasteiger partial charge on any atom is -0.295 e. The van der Waals surface area contributed by atoms with Crippen molar-refractivity contribution in [2.24, 2.45) is 19.2 Å². The molecule has 24 heavy (non-hydrogen) atoms. The lowest BCUT2D eigenvalue weighted by Crippen LogP contribution is -2.36. The summed E-state index contributed by atoms with van der Waals surface area (Å²) in [6, 6.07) is 6.02. The molecule has 0 saturated carbocycles. The summed E-state index contributed by atoms with van der Waals surface area (Å²) in [5, 5.41) is 15.3. The largest absolute Gasteiger partial charge is 0.330 e. The van der Waals surface area contributed by atoms with Crippen molar-refractivity contribution in [3.05, 3.63) is 73.2 Å². The van der Waals surface area contributed by atoms with Gasteiger partial charge in [-0.1, -0.05) is 12.1 Å². The molecule has 0 saturated heterocycles. The molecule has 0 aliphatic carbocycles. The summed E-state index contributed by atoms with van der Waals surface area (Å²) >= 11 is 0. The lowest BCUT2D eigenvalue weighted by molar-refractivity contribution is -0.384. The molecular formula is C15H13N5O4. The second-order valence-corrected chi connectivity index (χ2v) is 5.24.